The minimum Gasteiger partial charge on any atom is -0.359 e. The van der Waals surface area contributed by atoms with Crippen LogP contribution < -0.4 is 0 Å². The fraction of sp³-hybridized carbons (Fsp3) is 0.0952. The molecular formula is C21H16Cl2N4OS. The Morgan fingerprint density at radius 1 is 1.03 bits per heavy atom. The van der Waals surface area contributed by atoms with Crippen molar-refractivity contribution in [2.45, 2.75) is 11.7 Å². The lowest BCUT2D eigenvalue weighted by atomic mass is 10.2. The van der Waals surface area contributed by atoms with Gasteiger partial charge in [0.05, 0.1) is 23.0 Å². The summed E-state index contributed by atoms with van der Waals surface area (Å²) in [4.78, 5) is 15.3. The third kappa shape index (κ3) is 4.56. The molecule has 4 aromatic rings. The Morgan fingerprint density at radius 3 is 2.59 bits per heavy atom. The first-order chi connectivity index (χ1) is 14.1. The van der Waals surface area contributed by atoms with Crippen LogP contribution in [0.5, 0.6) is 0 Å². The van der Waals surface area contributed by atoms with Crippen molar-refractivity contribution in [1.82, 2.24) is 19.7 Å². The van der Waals surface area contributed by atoms with Crippen LogP contribution in [0.25, 0.3) is 11.4 Å². The van der Waals surface area contributed by atoms with E-state index in [-0.39, 0.29) is 11.5 Å². The second-order valence-electron chi connectivity index (χ2n) is 6.30. The number of Topliss-reactive ketones (excluding diaryl/α,β-unsaturated/α-hetero) is 1. The fourth-order valence-corrected chi connectivity index (χ4v) is 4.20. The highest BCUT2D eigenvalue weighted by atomic mass is 35.5. The zero-order valence-corrected chi connectivity index (χ0v) is 17.5. The molecule has 0 fully saturated rings. The smallest absolute Gasteiger partial charge is 0.192 e. The van der Waals surface area contributed by atoms with E-state index in [9.17, 15) is 4.79 Å². The molecule has 5 nitrogen and oxygen atoms in total. The number of H-pyrrole nitrogens is 1. The van der Waals surface area contributed by atoms with Gasteiger partial charge in [0, 0.05) is 16.8 Å². The maximum absolute atomic E-state index is 12.4. The van der Waals surface area contributed by atoms with E-state index < -0.39 is 0 Å². The molecule has 1 N–H and O–H groups in total. The first-order valence-electron chi connectivity index (χ1n) is 8.84. The van der Waals surface area contributed by atoms with Crippen molar-refractivity contribution >= 4 is 40.7 Å². The van der Waals surface area contributed by atoms with E-state index in [1.54, 1.807) is 30.5 Å². The molecule has 0 saturated heterocycles. The molecule has 8 heteroatoms. The summed E-state index contributed by atoms with van der Waals surface area (Å²) in [5.41, 5.74) is 2.41. The summed E-state index contributed by atoms with van der Waals surface area (Å²) in [7, 11) is 0. The number of nitrogens with one attached hydrogen (secondary N) is 1. The molecule has 0 spiro atoms. The molecule has 29 heavy (non-hydrogen) atoms. The van der Waals surface area contributed by atoms with Crippen LogP contribution in [0.1, 0.15) is 16.1 Å². The van der Waals surface area contributed by atoms with Crippen molar-refractivity contribution in [2.75, 3.05) is 5.75 Å². The maximum Gasteiger partial charge on any atom is 0.192 e. The van der Waals surface area contributed by atoms with Gasteiger partial charge in [-0.3, -0.25) is 9.36 Å². The number of rotatable bonds is 7. The maximum atomic E-state index is 12.4. The average Bonchev–Trinajstić information content (AvgIpc) is 3.38. The number of aromatic amines is 1. The molecule has 4 rings (SSSR count). The van der Waals surface area contributed by atoms with Crippen LogP contribution in [0.4, 0.5) is 0 Å². The standard InChI is InChI=1S/C21H16Cl2N4OS/c22-15-8-9-16(17(23)11-15)20-25-26-21(27(20)12-14-5-2-1-3-6-14)29-13-19(28)18-7-4-10-24-18/h1-11,24H,12-13H2. The largest absolute Gasteiger partial charge is 0.359 e. The van der Waals surface area contributed by atoms with Crippen molar-refractivity contribution in [3.63, 3.8) is 0 Å². The van der Waals surface area contributed by atoms with Gasteiger partial charge in [-0.2, -0.15) is 0 Å². The summed E-state index contributed by atoms with van der Waals surface area (Å²) < 4.78 is 1.97. The topological polar surface area (TPSA) is 63.6 Å². The molecule has 0 aliphatic heterocycles. The second-order valence-corrected chi connectivity index (χ2v) is 8.08. The molecule has 0 aliphatic carbocycles. The van der Waals surface area contributed by atoms with Gasteiger partial charge < -0.3 is 4.98 Å². The third-order valence-corrected chi connectivity index (χ3v) is 5.82. The monoisotopic (exact) mass is 442 g/mol. The molecule has 0 bridgehead atoms. The lowest BCUT2D eigenvalue weighted by molar-refractivity contribution is 0.101. The normalized spacial score (nSPS) is 11.0. The highest BCUT2D eigenvalue weighted by Crippen LogP contribution is 2.32. The Labute approximate surface area is 182 Å². The van der Waals surface area contributed by atoms with Gasteiger partial charge in [-0.15, -0.1) is 10.2 Å². The summed E-state index contributed by atoms with van der Waals surface area (Å²) >= 11 is 13.8. The second kappa shape index (κ2) is 8.86. The summed E-state index contributed by atoms with van der Waals surface area (Å²) in [5, 5.41) is 10.4. The summed E-state index contributed by atoms with van der Waals surface area (Å²) in [6.45, 7) is 0.557. The molecular weight excluding hydrogens is 427 g/mol. The number of thioether (sulfide) groups is 1. The van der Waals surface area contributed by atoms with E-state index in [4.69, 9.17) is 23.2 Å². The lowest BCUT2D eigenvalue weighted by Crippen LogP contribution is -2.07. The molecule has 146 valence electrons. The Morgan fingerprint density at radius 2 is 1.86 bits per heavy atom. The number of nitrogens with zero attached hydrogens (tertiary/aromatic N) is 3. The van der Waals surface area contributed by atoms with Gasteiger partial charge in [-0.25, -0.2) is 0 Å². The van der Waals surface area contributed by atoms with Gasteiger partial charge in [0.15, 0.2) is 16.8 Å². The predicted molar refractivity (Wildman–Crippen MR) is 117 cm³/mol. The van der Waals surface area contributed by atoms with Crippen molar-refractivity contribution in [3.05, 3.63) is 88.2 Å². The number of benzene rings is 2. The summed E-state index contributed by atoms with van der Waals surface area (Å²) in [6.07, 6.45) is 1.73. The van der Waals surface area contributed by atoms with Crippen LogP contribution in [-0.4, -0.2) is 31.3 Å². The quantitative estimate of drug-likeness (QED) is 0.298. The number of ketones is 1. The Balaban J connectivity index is 1.67. The Kier molecular flexibility index (Phi) is 6.04. The van der Waals surface area contributed by atoms with Crippen molar-refractivity contribution < 1.29 is 4.79 Å². The molecule has 0 radical (unpaired) electrons. The number of carbonyl (C=O) groups is 1. The SMILES string of the molecule is O=C(CSc1nnc(-c2ccc(Cl)cc2Cl)n1Cc1ccccc1)c1ccc[nH]1. The van der Waals surface area contributed by atoms with Gasteiger partial charge in [0.2, 0.25) is 0 Å². The molecule has 2 aromatic heterocycles. The van der Waals surface area contributed by atoms with Crippen molar-refractivity contribution in [2.24, 2.45) is 0 Å². The Bertz CT molecular complexity index is 1130. The molecule has 2 heterocycles. The lowest BCUT2D eigenvalue weighted by Gasteiger charge is -2.11. The average molecular weight is 443 g/mol. The van der Waals surface area contributed by atoms with E-state index in [0.29, 0.717) is 33.3 Å². The highest BCUT2D eigenvalue weighted by molar-refractivity contribution is 7.99. The number of hydrogen-bond donors (Lipinski definition) is 1. The van der Waals surface area contributed by atoms with E-state index in [0.717, 1.165) is 11.1 Å². The van der Waals surface area contributed by atoms with E-state index in [1.165, 1.54) is 11.8 Å². The van der Waals surface area contributed by atoms with Crippen LogP contribution in [0.3, 0.4) is 0 Å². The van der Waals surface area contributed by atoms with Crippen LogP contribution in [0, 0.1) is 0 Å². The van der Waals surface area contributed by atoms with Gasteiger partial charge in [-0.1, -0.05) is 65.3 Å². The Hall–Kier alpha value is -2.54. The predicted octanol–water partition coefficient (Wildman–Crippen LogP) is 5.60. The van der Waals surface area contributed by atoms with Crippen molar-refractivity contribution in [1.29, 1.82) is 0 Å². The third-order valence-electron chi connectivity index (χ3n) is 4.30. The van der Waals surface area contributed by atoms with Gasteiger partial charge >= 0.3 is 0 Å². The van der Waals surface area contributed by atoms with Gasteiger partial charge in [0.1, 0.15) is 0 Å². The number of halogens is 2. The van der Waals surface area contributed by atoms with E-state index in [1.807, 2.05) is 41.0 Å². The molecule has 0 unspecified atom stereocenters. The van der Waals surface area contributed by atoms with Crippen LogP contribution in [0.2, 0.25) is 10.0 Å². The first-order valence-corrected chi connectivity index (χ1v) is 10.6. The van der Waals surface area contributed by atoms with E-state index >= 15 is 0 Å². The van der Waals surface area contributed by atoms with Crippen LogP contribution in [-0.2, 0) is 6.54 Å². The fourth-order valence-electron chi connectivity index (χ4n) is 2.89. The molecule has 0 atom stereocenters. The summed E-state index contributed by atoms with van der Waals surface area (Å²) in [6, 6.07) is 18.8. The molecule has 0 amide bonds. The number of carbonyl (C=O) groups excluding carboxylic acids is 1. The highest BCUT2D eigenvalue weighted by Gasteiger charge is 2.18. The minimum absolute atomic E-state index is 0.000312. The first kappa shape index (κ1) is 19.8. The van der Waals surface area contributed by atoms with Crippen LogP contribution >= 0.6 is 35.0 Å². The van der Waals surface area contributed by atoms with Gasteiger partial charge in [-0.05, 0) is 35.9 Å². The molecule has 0 aliphatic rings. The summed E-state index contributed by atoms with van der Waals surface area (Å²) in [5.74, 6) is 0.882. The minimum atomic E-state index is 0.000312. The number of hydrogen-bond acceptors (Lipinski definition) is 4. The zero-order valence-electron chi connectivity index (χ0n) is 15.2. The zero-order chi connectivity index (χ0) is 20.2. The molecule has 2 aromatic carbocycles. The number of aromatic nitrogens is 4. The molecule has 0 saturated carbocycles. The van der Waals surface area contributed by atoms with Crippen molar-refractivity contribution in [3.8, 4) is 11.4 Å². The van der Waals surface area contributed by atoms with E-state index in [2.05, 4.69) is 15.2 Å². The van der Waals surface area contributed by atoms with Gasteiger partial charge in [0.25, 0.3) is 0 Å². The van der Waals surface area contributed by atoms with Crippen LogP contribution in [0.15, 0.2) is 72.0 Å².